The molecule has 0 aliphatic carbocycles. The molecule has 0 radical (unpaired) electrons. The van der Waals surface area contributed by atoms with Crippen LogP contribution in [-0.4, -0.2) is 67.6 Å². The molecule has 1 fully saturated rings. The van der Waals surface area contributed by atoms with E-state index in [2.05, 4.69) is 27.2 Å². The Morgan fingerprint density at radius 3 is 2.80 bits per heavy atom. The fraction of sp³-hybridized carbons (Fsp3) is 0.611. The lowest BCUT2D eigenvalue weighted by Crippen LogP contribution is -2.51. The number of rotatable bonds is 7. The minimum absolute atomic E-state index is 0.326. The van der Waals surface area contributed by atoms with Crippen molar-refractivity contribution in [2.75, 3.05) is 52.7 Å². The Bertz CT molecular complexity index is 577. The number of piperazine rings is 1. The smallest absolute Gasteiger partial charge is 0.231 e. The van der Waals surface area contributed by atoms with Gasteiger partial charge in [-0.25, -0.2) is 0 Å². The molecule has 0 unspecified atom stereocenters. The van der Waals surface area contributed by atoms with Gasteiger partial charge in [0.1, 0.15) is 0 Å². The molecule has 1 aromatic carbocycles. The van der Waals surface area contributed by atoms with Crippen molar-refractivity contribution in [1.82, 2.24) is 15.1 Å². The first kappa shape index (κ1) is 18.2. The van der Waals surface area contributed by atoms with Crippen LogP contribution in [0.3, 0.4) is 0 Å². The van der Waals surface area contributed by atoms with Gasteiger partial charge < -0.3 is 24.4 Å². The number of hydrogen-bond donors (Lipinski definition) is 1. The molecule has 0 saturated carbocycles. The van der Waals surface area contributed by atoms with Gasteiger partial charge in [0.25, 0.3) is 0 Å². The molecule has 0 amide bonds. The maximum Gasteiger partial charge on any atom is 0.231 e. The Balaban J connectivity index is 1.37. The number of ether oxygens (including phenoxy) is 3. The Morgan fingerprint density at radius 1 is 1.20 bits per heavy atom. The predicted octanol–water partition coefficient (Wildman–Crippen LogP) is 1.83. The molecule has 0 atom stereocenters. The molecule has 1 N–H and O–H groups in total. The summed E-state index contributed by atoms with van der Waals surface area (Å²) in [6.07, 6.45) is 0.984. The van der Waals surface area contributed by atoms with Crippen LogP contribution >= 0.6 is 12.2 Å². The minimum Gasteiger partial charge on any atom is -0.454 e. The van der Waals surface area contributed by atoms with Gasteiger partial charge in [-0.15, -0.1) is 0 Å². The van der Waals surface area contributed by atoms with E-state index in [1.165, 1.54) is 5.56 Å². The lowest BCUT2D eigenvalue weighted by atomic mass is 10.1. The van der Waals surface area contributed by atoms with E-state index < -0.39 is 0 Å². The largest absolute Gasteiger partial charge is 0.454 e. The second kappa shape index (κ2) is 9.22. The van der Waals surface area contributed by atoms with Crippen LogP contribution in [0.5, 0.6) is 11.5 Å². The highest BCUT2D eigenvalue weighted by Crippen LogP contribution is 2.32. The number of fused-ring (bicyclic) bond motifs is 1. The highest BCUT2D eigenvalue weighted by molar-refractivity contribution is 7.80. The first-order chi connectivity index (χ1) is 12.3. The lowest BCUT2D eigenvalue weighted by molar-refractivity contribution is 0.145. The van der Waals surface area contributed by atoms with Gasteiger partial charge in [-0.1, -0.05) is 6.07 Å². The van der Waals surface area contributed by atoms with Crippen molar-refractivity contribution in [3.8, 4) is 11.5 Å². The van der Waals surface area contributed by atoms with Gasteiger partial charge in [0.05, 0.1) is 0 Å². The Kier molecular flexibility index (Phi) is 6.72. The van der Waals surface area contributed by atoms with Crippen molar-refractivity contribution in [2.24, 2.45) is 0 Å². The molecular weight excluding hydrogens is 338 g/mol. The van der Waals surface area contributed by atoms with Crippen LogP contribution in [0.25, 0.3) is 0 Å². The van der Waals surface area contributed by atoms with Crippen LogP contribution in [0.1, 0.15) is 18.9 Å². The van der Waals surface area contributed by atoms with Crippen LogP contribution in [-0.2, 0) is 11.3 Å². The molecular formula is C18H27N3O3S. The summed E-state index contributed by atoms with van der Waals surface area (Å²) in [6, 6.07) is 6.19. The van der Waals surface area contributed by atoms with Gasteiger partial charge in [0.2, 0.25) is 6.79 Å². The molecule has 25 heavy (non-hydrogen) atoms. The summed E-state index contributed by atoms with van der Waals surface area (Å²) in [5.74, 6) is 1.70. The zero-order valence-electron chi connectivity index (χ0n) is 14.8. The summed E-state index contributed by atoms with van der Waals surface area (Å²) in [5, 5.41) is 4.19. The van der Waals surface area contributed by atoms with Crippen molar-refractivity contribution in [3.63, 3.8) is 0 Å². The van der Waals surface area contributed by atoms with Crippen molar-refractivity contribution in [3.05, 3.63) is 23.8 Å². The van der Waals surface area contributed by atoms with Crippen molar-refractivity contribution in [2.45, 2.75) is 19.9 Å². The molecule has 2 aliphatic heterocycles. The number of nitrogens with zero attached hydrogens (tertiary/aromatic N) is 2. The summed E-state index contributed by atoms with van der Waals surface area (Å²) in [5.41, 5.74) is 1.26. The minimum atomic E-state index is 0.326. The molecule has 2 heterocycles. The third-order valence-electron chi connectivity index (χ3n) is 4.45. The Hall–Kier alpha value is -1.57. The van der Waals surface area contributed by atoms with E-state index in [4.69, 9.17) is 26.4 Å². The molecule has 0 spiro atoms. The van der Waals surface area contributed by atoms with Gasteiger partial charge in [0.15, 0.2) is 16.6 Å². The molecule has 3 rings (SSSR count). The number of benzene rings is 1. The van der Waals surface area contributed by atoms with E-state index in [1.807, 2.05) is 13.0 Å². The summed E-state index contributed by atoms with van der Waals surface area (Å²) in [6.45, 7) is 9.64. The van der Waals surface area contributed by atoms with Crippen LogP contribution in [0.15, 0.2) is 18.2 Å². The zero-order valence-corrected chi connectivity index (χ0v) is 15.6. The van der Waals surface area contributed by atoms with Crippen molar-refractivity contribution >= 4 is 17.3 Å². The van der Waals surface area contributed by atoms with E-state index in [1.54, 1.807) is 0 Å². The maximum atomic E-state index is 5.50. The van der Waals surface area contributed by atoms with Crippen LogP contribution in [0.4, 0.5) is 0 Å². The fourth-order valence-electron chi connectivity index (χ4n) is 3.03. The van der Waals surface area contributed by atoms with Gasteiger partial charge in [-0.3, -0.25) is 4.90 Å². The predicted molar refractivity (Wildman–Crippen MR) is 101 cm³/mol. The van der Waals surface area contributed by atoms with E-state index in [-0.39, 0.29) is 0 Å². The topological polar surface area (TPSA) is 46.2 Å². The number of hydrogen-bond acceptors (Lipinski definition) is 5. The SMILES string of the molecule is CCOCCCNC(=S)N1CCN(Cc2ccc3c(c2)OCO3)CC1. The quantitative estimate of drug-likeness (QED) is 0.584. The molecule has 2 aliphatic rings. The Morgan fingerprint density at radius 2 is 2.00 bits per heavy atom. The van der Waals surface area contributed by atoms with E-state index in [0.717, 1.165) is 75.5 Å². The van der Waals surface area contributed by atoms with E-state index in [9.17, 15) is 0 Å². The lowest BCUT2D eigenvalue weighted by Gasteiger charge is -2.36. The third kappa shape index (κ3) is 5.20. The van der Waals surface area contributed by atoms with Crippen LogP contribution in [0, 0.1) is 0 Å². The first-order valence-electron chi connectivity index (χ1n) is 8.97. The van der Waals surface area contributed by atoms with Crippen molar-refractivity contribution in [1.29, 1.82) is 0 Å². The number of thiocarbonyl (C=S) groups is 1. The van der Waals surface area contributed by atoms with Gasteiger partial charge in [-0.05, 0) is 43.3 Å². The summed E-state index contributed by atoms with van der Waals surface area (Å²) in [4.78, 5) is 4.71. The molecule has 138 valence electrons. The average Bonchev–Trinajstić information content (AvgIpc) is 3.10. The molecule has 6 nitrogen and oxygen atoms in total. The van der Waals surface area contributed by atoms with Gasteiger partial charge >= 0.3 is 0 Å². The highest BCUT2D eigenvalue weighted by Gasteiger charge is 2.20. The molecule has 0 aromatic heterocycles. The summed E-state index contributed by atoms with van der Waals surface area (Å²) in [7, 11) is 0. The summed E-state index contributed by atoms with van der Waals surface area (Å²) >= 11 is 5.50. The second-order valence-electron chi connectivity index (χ2n) is 6.23. The van der Waals surface area contributed by atoms with Gasteiger partial charge in [0, 0.05) is 52.5 Å². The Labute approximate surface area is 155 Å². The van der Waals surface area contributed by atoms with E-state index in [0.29, 0.717) is 6.79 Å². The van der Waals surface area contributed by atoms with Crippen LogP contribution in [0.2, 0.25) is 0 Å². The van der Waals surface area contributed by atoms with Gasteiger partial charge in [-0.2, -0.15) is 0 Å². The van der Waals surface area contributed by atoms with Crippen LogP contribution < -0.4 is 14.8 Å². The molecule has 1 aromatic rings. The standard InChI is InChI=1S/C18H27N3O3S/c1-2-22-11-3-6-19-18(25)21-9-7-20(8-10-21)13-15-4-5-16-17(12-15)24-14-23-16/h4-5,12H,2-3,6-11,13-14H2,1H3,(H,19,25). The fourth-order valence-corrected chi connectivity index (χ4v) is 3.32. The summed E-state index contributed by atoms with van der Waals surface area (Å²) < 4.78 is 16.2. The average molecular weight is 365 g/mol. The maximum absolute atomic E-state index is 5.50. The molecule has 1 saturated heterocycles. The molecule has 7 heteroatoms. The monoisotopic (exact) mass is 365 g/mol. The van der Waals surface area contributed by atoms with E-state index >= 15 is 0 Å². The molecule has 0 bridgehead atoms. The third-order valence-corrected chi connectivity index (χ3v) is 4.85. The highest BCUT2D eigenvalue weighted by atomic mass is 32.1. The number of nitrogens with one attached hydrogen (secondary N) is 1. The zero-order chi connectivity index (χ0) is 17.5. The normalized spacial score (nSPS) is 16.9. The first-order valence-corrected chi connectivity index (χ1v) is 9.38. The van der Waals surface area contributed by atoms with Crippen molar-refractivity contribution < 1.29 is 14.2 Å². The second-order valence-corrected chi connectivity index (χ2v) is 6.62.